The normalized spacial score (nSPS) is 27.2. The Morgan fingerprint density at radius 3 is 2.59 bits per heavy atom. The summed E-state index contributed by atoms with van der Waals surface area (Å²) in [7, 11) is 0. The monoisotopic (exact) mass is 345 g/mol. The first-order valence-electron chi connectivity index (χ1n) is 7.67. The van der Waals surface area contributed by atoms with Gasteiger partial charge in [0.1, 0.15) is 0 Å². The van der Waals surface area contributed by atoms with Crippen molar-refractivity contribution in [3.05, 3.63) is 30.1 Å². The molecule has 124 valence electrons. The maximum Gasteiger partial charge on any atom is 0.220 e. The molecule has 3 unspecified atom stereocenters. The van der Waals surface area contributed by atoms with Crippen LogP contribution in [-0.2, 0) is 4.79 Å². The second-order valence-corrected chi connectivity index (χ2v) is 6.22. The van der Waals surface area contributed by atoms with Crippen molar-refractivity contribution in [2.45, 2.75) is 57.2 Å². The Kier molecular flexibility index (Phi) is 7.60. The molecule has 2 bridgehead atoms. The topological polar surface area (TPSA) is 54.0 Å². The zero-order valence-electron chi connectivity index (χ0n) is 12.8. The van der Waals surface area contributed by atoms with E-state index in [1.54, 1.807) is 6.20 Å². The van der Waals surface area contributed by atoms with Crippen molar-refractivity contribution >= 4 is 30.7 Å². The Labute approximate surface area is 144 Å². The van der Waals surface area contributed by atoms with Crippen LogP contribution in [0.2, 0.25) is 0 Å². The average molecular weight is 346 g/mol. The summed E-state index contributed by atoms with van der Waals surface area (Å²) in [6.07, 6.45) is 7.30. The van der Waals surface area contributed by atoms with Gasteiger partial charge in [0.25, 0.3) is 0 Å². The first-order chi connectivity index (χ1) is 9.70. The van der Waals surface area contributed by atoms with Gasteiger partial charge in [0, 0.05) is 24.7 Å². The van der Waals surface area contributed by atoms with E-state index in [1.807, 2.05) is 25.1 Å². The summed E-state index contributed by atoms with van der Waals surface area (Å²) >= 11 is 0. The molecule has 3 heterocycles. The van der Waals surface area contributed by atoms with Crippen molar-refractivity contribution in [1.29, 1.82) is 0 Å². The summed E-state index contributed by atoms with van der Waals surface area (Å²) in [6.45, 7) is 1.99. The van der Waals surface area contributed by atoms with Crippen LogP contribution in [0.1, 0.15) is 50.8 Å². The summed E-state index contributed by atoms with van der Waals surface area (Å²) in [6, 6.07) is 7.09. The van der Waals surface area contributed by atoms with Crippen molar-refractivity contribution in [3.8, 4) is 0 Å². The van der Waals surface area contributed by atoms with Crippen LogP contribution in [0.3, 0.4) is 0 Å². The lowest BCUT2D eigenvalue weighted by Gasteiger charge is -2.29. The molecular formula is C16H25Cl2N3O. The second kappa shape index (κ2) is 8.70. The van der Waals surface area contributed by atoms with E-state index >= 15 is 0 Å². The number of hydrogen-bond donors (Lipinski definition) is 2. The highest BCUT2D eigenvalue weighted by atomic mass is 35.5. The van der Waals surface area contributed by atoms with E-state index < -0.39 is 0 Å². The molecular weight excluding hydrogens is 321 g/mol. The van der Waals surface area contributed by atoms with Gasteiger partial charge in [0.05, 0.1) is 11.7 Å². The van der Waals surface area contributed by atoms with Crippen molar-refractivity contribution in [1.82, 2.24) is 15.6 Å². The lowest BCUT2D eigenvalue weighted by Crippen LogP contribution is -2.40. The lowest BCUT2D eigenvalue weighted by molar-refractivity contribution is -0.123. The van der Waals surface area contributed by atoms with Gasteiger partial charge < -0.3 is 10.6 Å². The molecule has 3 atom stereocenters. The maximum absolute atomic E-state index is 12.2. The Morgan fingerprint density at radius 2 is 2.00 bits per heavy atom. The van der Waals surface area contributed by atoms with E-state index in [0.717, 1.165) is 18.5 Å². The lowest BCUT2D eigenvalue weighted by atomic mass is 9.89. The third-order valence-electron chi connectivity index (χ3n) is 4.55. The van der Waals surface area contributed by atoms with Gasteiger partial charge in [0.2, 0.25) is 5.91 Å². The van der Waals surface area contributed by atoms with Crippen LogP contribution < -0.4 is 10.6 Å². The molecule has 4 nitrogen and oxygen atoms in total. The number of nitrogens with zero attached hydrogens (tertiary/aromatic N) is 1. The van der Waals surface area contributed by atoms with Crippen LogP contribution in [0.25, 0.3) is 0 Å². The molecule has 1 aromatic rings. The molecule has 6 heteroatoms. The largest absolute Gasteiger partial charge is 0.348 e. The van der Waals surface area contributed by atoms with Crippen LogP contribution in [-0.4, -0.2) is 23.0 Å². The predicted molar refractivity (Wildman–Crippen MR) is 92.6 cm³/mol. The molecule has 2 saturated heterocycles. The van der Waals surface area contributed by atoms with Gasteiger partial charge in [-0.2, -0.15) is 0 Å². The first-order valence-corrected chi connectivity index (χ1v) is 7.67. The molecule has 0 radical (unpaired) electrons. The summed E-state index contributed by atoms with van der Waals surface area (Å²) in [5.41, 5.74) is 0.922. The van der Waals surface area contributed by atoms with Crippen LogP contribution in [0.5, 0.6) is 0 Å². The first kappa shape index (κ1) is 19.2. The van der Waals surface area contributed by atoms with Crippen LogP contribution in [0.15, 0.2) is 24.4 Å². The molecule has 0 spiro atoms. The number of pyridine rings is 1. The van der Waals surface area contributed by atoms with Crippen LogP contribution in [0.4, 0.5) is 0 Å². The predicted octanol–water partition coefficient (Wildman–Crippen LogP) is 3.02. The number of nitrogens with one attached hydrogen (secondary N) is 2. The SMILES string of the molecule is CC(NC(=O)CC1CC2CCC(C1)N2)c1ccccn1.Cl.Cl. The Hall–Kier alpha value is -0.840. The zero-order chi connectivity index (χ0) is 13.9. The molecule has 1 aromatic heterocycles. The number of amides is 1. The highest BCUT2D eigenvalue weighted by Gasteiger charge is 2.34. The van der Waals surface area contributed by atoms with Gasteiger partial charge in [-0.25, -0.2) is 0 Å². The highest BCUT2D eigenvalue weighted by Crippen LogP contribution is 2.32. The van der Waals surface area contributed by atoms with Crippen LogP contribution in [0, 0.1) is 5.92 Å². The molecule has 0 saturated carbocycles. The van der Waals surface area contributed by atoms with E-state index in [4.69, 9.17) is 0 Å². The standard InChI is InChI=1S/C16H23N3O.2ClH/c1-11(15-4-2-3-7-17-15)18-16(20)10-12-8-13-5-6-14(9-12)19-13;;/h2-4,7,11-14,19H,5-6,8-10H2,1H3,(H,18,20);2*1H. The number of carbonyl (C=O) groups excluding carboxylic acids is 1. The molecule has 0 aromatic carbocycles. The molecule has 3 rings (SSSR count). The Morgan fingerprint density at radius 1 is 1.32 bits per heavy atom. The minimum Gasteiger partial charge on any atom is -0.348 e. The average Bonchev–Trinajstić information content (AvgIpc) is 2.78. The zero-order valence-corrected chi connectivity index (χ0v) is 14.5. The molecule has 22 heavy (non-hydrogen) atoms. The van der Waals surface area contributed by atoms with Gasteiger partial charge >= 0.3 is 0 Å². The highest BCUT2D eigenvalue weighted by molar-refractivity contribution is 5.85. The molecule has 0 aliphatic carbocycles. The van der Waals surface area contributed by atoms with Crippen molar-refractivity contribution < 1.29 is 4.79 Å². The van der Waals surface area contributed by atoms with E-state index in [1.165, 1.54) is 12.8 Å². The van der Waals surface area contributed by atoms with Crippen molar-refractivity contribution in [2.75, 3.05) is 0 Å². The van der Waals surface area contributed by atoms with E-state index in [9.17, 15) is 4.79 Å². The number of carbonyl (C=O) groups is 1. The van der Waals surface area contributed by atoms with Crippen molar-refractivity contribution in [2.24, 2.45) is 5.92 Å². The number of piperidine rings is 1. The molecule has 1 amide bonds. The summed E-state index contributed by atoms with van der Waals surface area (Å²) in [4.78, 5) is 16.5. The van der Waals surface area contributed by atoms with E-state index in [0.29, 0.717) is 24.4 Å². The maximum atomic E-state index is 12.2. The number of aromatic nitrogens is 1. The van der Waals surface area contributed by atoms with Crippen molar-refractivity contribution in [3.63, 3.8) is 0 Å². The van der Waals surface area contributed by atoms with Gasteiger partial charge in [-0.15, -0.1) is 24.8 Å². The number of fused-ring (bicyclic) bond motifs is 2. The van der Waals surface area contributed by atoms with Gasteiger partial charge in [0.15, 0.2) is 0 Å². The minimum absolute atomic E-state index is 0. The fourth-order valence-corrected chi connectivity index (χ4v) is 3.61. The molecule has 2 N–H and O–H groups in total. The summed E-state index contributed by atoms with van der Waals surface area (Å²) in [5, 5.41) is 6.69. The second-order valence-electron chi connectivity index (χ2n) is 6.22. The number of halogens is 2. The molecule has 2 aliphatic heterocycles. The van der Waals surface area contributed by atoms with E-state index in [2.05, 4.69) is 15.6 Å². The third kappa shape index (κ3) is 4.83. The summed E-state index contributed by atoms with van der Waals surface area (Å²) < 4.78 is 0. The number of rotatable bonds is 4. The Balaban J connectivity index is 0.00000121. The van der Waals surface area contributed by atoms with Gasteiger partial charge in [-0.3, -0.25) is 9.78 Å². The fourth-order valence-electron chi connectivity index (χ4n) is 3.61. The summed E-state index contributed by atoms with van der Waals surface area (Å²) in [5.74, 6) is 0.708. The fraction of sp³-hybridized carbons (Fsp3) is 0.625. The quantitative estimate of drug-likeness (QED) is 0.881. The molecule has 2 aliphatic rings. The van der Waals surface area contributed by atoms with E-state index in [-0.39, 0.29) is 36.8 Å². The smallest absolute Gasteiger partial charge is 0.220 e. The van der Waals surface area contributed by atoms with Crippen LogP contribution >= 0.6 is 24.8 Å². The minimum atomic E-state index is -0.0119. The van der Waals surface area contributed by atoms with Gasteiger partial charge in [-0.05, 0) is 50.7 Å². The molecule has 2 fully saturated rings. The number of hydrogen-bond acceptors (Lipinski definition) is 3. The Bertz CT molecular complexity index is 460. The third-order valence-corrected chi connectivity index (χ3v) is 4.55. The van der Waals surface area contributed by atoms with Gasteiger partial charge in [-0.1, -0.05) is 6.07 Å².